The van der Waals surface area contributed by atoms with Crippen LogP contribution in [0.1, 0.15) is 38.8 Å². The molecule has 136 valence electrons. The van der Waals surface area contributed by atoms with E-state index in [0.29, 0.717) is 21.2 Å². The summed E-state index contributed by atoms with van der Waals surface area (Å²) in [7, 11) is 0. The van der Waals surface area contributed by atoms with Crippen LogP contribution in [0.15, 0.2) is 18.2 Å². The fraction of sp³-hybridized carbons (Fsp3) is 0.316. The summed E-state index contributed by atoms with van der Waals surface area (Å²) < 4.78 is 10.5. The Morgan fingerprint density at radius 3 is 2.65 bits per heavy atom. The van der Waals surface area contributed by atoms with E-state index in [1.54, 1.807) is 13.8 Å². The standard InChI is InChI=1S/C19H20N2O4S/c1-5-24-19(23)17-13(4)14(9-20)18(26-17)21-16(22)10-25-15-8-11(2)6-7-12(15)3/h6-8H,5,10H2,1-4H3,(H,21,22). The zero-order valence-corrected chi connectivity index (χ0v) is 16.0. The van der Waals surface area contributed by atoms with Crippen molar-refractivity contribution in [2.45, 2.75) is 27.7 Å². The number of nitrogens with zero attached hydrogens (tertiary/aromatic N) is 1. The summed E-state index contributed by atoms with van der Waals surface area (Å²) in [6.07, 6.45) is 0. The fourth-order valence-corrected chi connectivity index (χ4v) is 3.36. The molecule has 0 unspecified atom stereocenters. The third kappa shape index (κ3) is 4.41. The lowest BCUT2D eigenvalue weighted by Crippen LogP contribution is -2.20. The fourth-order valence-electron chi connectivity index (χ4n) is 2.30. The van der Waals surface area contributed by atoms with Crippen LogP contribution in [0.3, 0.4) is 0 Å². The number of nitrogens with one attached hydrogen (secondary N) is 1. The van der Waals surface area contributed by atoms with Crippen molar-refractivity contribution in [2.24, 2.45) is 0 Å². The molecule has 0 aliphatic rings. The third-order valence-corrected chi connectivity index (χ3v) is 4.86. The number of carbonyl (C=O) groups excluding carboxylic acids is 2. The normalized spacial score (nSPS) is 10.1. The van der Waals surface area contributed by atoms with E-state index >= 15 is 0 Å². The summed E-state index contributed by atoms with van der Waals surface area (Å²) in [6, 6.07) is 7.77. The van der Waals surface area contributed by atoms with E-state index in [-0.39, 0.29) is 18.8 Å². The number of aryl methyl sites for hydroxylation is 2. The van der Waals surface area contributed by atoms with Gasteiger partial charge in [-0.2, -0.15) is 5.26 Å². The Hall–Kier alpha value is -2.85. The molecule has 1 amide bonds. The van der Waals surface area contributed by atoms with Crippen LogP contribution in [0.4, 0.5) is 5.00 Å². The van der Waals surface area contributed by atoms with Gasteiger partial charge in [0.1, 0.15) is 21.7 Å². The molecule has 1 aromatic carbocycles. The first kappa shape index (κ1) is 19.5. The molecule has 1 aromatic heterocycles. The molecule has 0 bridgehead atoms. The van der Waals surface area contributed by atoms with Gasteiger partial charge in [-0.25, -0.2) is 4.79 Å². The molecule has 0 saturated heterocycles. The number of rotatable bonds is 6. The third-order valence-electron chi connectivity index (χ3n) is 3.67. The number of anilines is 1. The lowest BCUT2D eigenvalue weighted by molar-refractivity contribution is -0.118. The first-order valence-electron chi connectivity index (χ1n) is 8.07. The number of amides is 1. The maximum Gasteiger partial charge on any atom is 0.348 e. The molecule has 0 fully saturated rings. The molecule has 0 saturated carbocycles. The monoisotopic (exact) mass is 372 g/mol. The maximum atomic E-state index is 12.2. The van der Waals surface area contributed by atoms with Crippen LogP contribution in [-0.4, -0.2) is 25.1 Å². The summed E-state index contributed by atoms with van der Waals surface area (Å²) >= 11 is 1.03. The van der Waals surface area contributed by atoms with Crippen LogP contribution in [-0.2, 0) is 9.53 Å². The van der Waals surface area contributed by atoms with Crippen molar-refractivity contribution in [3.8, 4) is 11.8 Å². The Morgan fingerprint density at radius 2 is 2.00 bits per heavy atom. The molecule has 6 nitrogen and oxygen atoms in total. The van der Waals surface area contributed by atoms with Crippen molar-refractivity contribution >= 4 is 28.2 Å². The van der Waals surface area contributed by atoms with Crippen molar-refractivity contribution in [3.63, 3.8) is 0 Å². The Kier molecular flexibility index (Phi) is 6.36. The highest BCUT2D eigenvalue weighted by Crippen LogP contribution is 2.33. The van der Waals surface area contributed by atoms with Gasteiger partial charge in [0.2, 0.25) is 0 Å². The minimum Gasteiger partial charge on any atom is -0.483 e. The number of esters is 1. The van der Waals surface area contributed by atoms with Gasteiger partial charge in [-0.15, -0.1) is 11.3 Å². The largest absolute Gasteiger partial charge is 0.483 e. The Balaban J connectivity index is 2.11. The van der Waals surface area contributed by atoms with E-state index in [1.807, 2.05) is 38.1 Å². The van der Waals surface area contributed by atoms with E-state index in [0.717, 1.165) is 22.5 Å². The van der Waals surface area contributed by atoms with Gasteiger partial charge in [0.15, 0.2) is 6.61 Å². The van der Waals surface area contributed by atoms with E-state index in [9.17, 15) is 14.9 Å². The smallest absolute Gasteiger partial charge is 0.348 e. The summed E-state index contributed by atoms with van der Waals surface area (Å²) in [5.41, 5.74) is 2.73. The maximum absolute atomic E-state index is 12.2. The van der Waals surface area contributed by atoms with Crippen LogP contribution < -0.4 is 10.1 Å². The average Bonchev–Trinajstić information content (AvgIpc) is 2.91. The molecular weight excluding hydrogens is 352 g/mol. The molecule has 0 radical (unpaired) electrons. The summed E-state index contributed by atoms with van der Waals surface area (Å²) in [5.74, 6) is -0.270. The summed E-state index contributed by atoms with van der Waals surface area (Å²) in [6.45, 7) is 7.25. The minimum atomic E-state index is -0.501. The highest BCUT2D eigenvalue weighted by molar-refractivity contribution is 7.18. The number of benzene rings is 1. The van der Waals surface area contributed by atoms with E-state index in [1.165, 1.54) is 0 Å². The number of ether oxygens (including phenoxy) is 2. The van der Waals surface area contributed by atoms with Gasteiger partial charge >= 0.3 is 5.97 Å². The number of hydrogen-bond acceptors (Lipinski definition) is 6. The van der Waals surface area contributed by atoms with E-state index in [2.05, 4.69) is 5.32 Å². The molecule has 2 aromatic rings. The molecule has 7 heteroatoms. The Labute approximate surface area is 156 Å². The molecule has 26 heavy (non-hydrogen) atoms. The van der Waals surface area contributed by atoms with E-state index in [4.69, 9.17) is 9.47 Å². The lowest BCUT2D eigenvalue weighted by atomic mass is 10.1. The molecule has 0 spiro atoms. The van der Waals surface area contributed by atoms with Gasteiger partial charge in [-0.1, -0.05) is 12.1 Å². The van der Waals surface area contributed by atoms with Crippen molar-refractivity contribution in [1.82, 2.24) is 0 Å². The second-order valence-electron chi connectivity index (χ2n) is 5.70. The number of nitriles is 1. The molecule has 2 rings (SSSR count). The predicted molar refractivity (Wildman–Crippen MR) is 99.8 cm³/mol. The highest BCUT2D eigenvalue weighted by Gasteiger charge is 2.22. The first-order valence-corrected chi connectivity index (χ1v) is 8.89. The molecule has 0 aliphatic heterocycles. The highest BCUT2D eigenvalue weighted by atomic mass is 32.1. The number of carbonyl (C=O) groups is 2. The zero-order valence-electron chi connectivity index (χ0n) is 15.1. The van der Waals surface area contributed by atoms with Crippen LogP contribution in [0.2, 0.25) is 0 Å². The van der Waals surface area contributed by atoms with Crippen LogP contribution in [0.5, 0.6) is 5.75 Å². The van der Waals surface area contributed by atoms with Gasteiger partial charge in [-0.05, 0) is 50.5 Å². The SMILES string of the molecule is CCOC(=O)c1sc(NC(=O)COc2cc(C)ccc2C)c(C#N)c1C. The number of thiophene rings is 1. The molecule has 1 heterocycles. The quantitative estimate of drug-likeness (QED) is 0.780. The topological polar surface area (TPSA) is 88.4 Å². The zero-order chi connectivity index (χ0) is 19.3. The summed E-state index contributed by atoms with van der Waals surface area (Å²) in [4.78, 5) is 24.5. The van der Waals surface area contributed by atoms with Gasteiger partial charge in [0.05, 0.1) is 12.2 Å². The number of hydrogen-bond donors (Lipinski definition) is 1. The lowest BCUT2D eigenvalue weighted by Gasteiger charge is -2.10. The second kappa shape index (κ2) is 8.50. The molecular formula is C19H20N2O4S. The average molecular weight is 372 g/mol. The van der Waals surface area contributed by atoms with Crippen molar-refractivity contribution in [2.75, 3.05) is 18.5 Å². The second-order valence-corrected chi connectivity index (χ2v) is 6.72. The first-order chi connectivity index (χ1) is 12.4. The Morgan fingerprint density at radius 1 is 1.27 bits per heavy atom. The molecule has 0 atom stereocenters. The van der Waals surface area contributed by atoms with Gasteiger partial charge in [0, 0.05) is 0 Å². The van der Waals surface area contributed by atoms with Crippen molar-refractivity contribution < 1.29 is 19.1 Å². The Bertz CT molecular complexity index is 880. The van der Waals surface area contributed by atoms with Gasteiger partial charge in [-0.3, -0.25) is 4.79 Å². The predicted octanol–water partition coefficient (Wildman–Crippen LogP) is 3.74. The van der Waals surface area contributed by atoms with Crippen LogP contribution in [0, 0.1) is 32.1 Å². The van der Waals surface area contributed by atoms with Gasteiger partial charge in [0.25, 0.3) is 5.91 Å². The molecule has 1 N–H and O–H groups in total. The summed E-state index contributed by atoms with van der Waals surface area (Å²) in [5, 5.41) is 12.3. The van der Waals surface area contributed by atoms with E-state index < -0.39 is 11.9 Å². The van der Waals surface area contributed by atoms with Gasteiger partial charge < -0.3 is 14.8 Å². The van der Waals surface area contributed by atoms with Crippen molar-refractivity contribution in [3.05, 3.63) is 45.3 Å². The van der Waals surface area contributed by atoms with Crippen molar-refractivity contribution in [1.29, 1.82) is 5.26 Å². The van der Waals surface area contributed by atoms with Crippen LogP contribution >= 0.6 is 11.3 Å². The minimum absolute atomic E-state index is 0.194. The molecule has 0 aliphatic carbocycles. The van der Waals surface area contributed by atoms with Crippen LogP contribution in [0.25, 0.3) is 0 Å².